The lowest BCUT2D eigenvalue weighted by molar-refractivity contribution is 0.414. The second kappa shape index (κ2) is 5.09. The van der Waals surface area contributed by atoms with Gasteiger partial charge in [0.05, 0.1) is 12.8 Å². The van der Waals surface area contributed by atoms with Crippen molar-refractivity contribution in [3.63, 3.8) is 0 Å². The minimum absolute atomic E-state index is 0.528. The van der Waals surface area contributed by atoms with E-state index in [1.807, 2.05) is 48.6 Å². The van der Waals surface area contributed by atoms with Gasteiger partial charge in [-0.25, -0.2) is 4.98 Å². The minimum atomic E-state index is 0.528. The van der Waals surface area contributed by atoms with Gasteiger partial charge in [0.2, 0.25) is 5.89 Å². The highest BCUT2D eigenvalue weighted by molar-refractivity contribution is 5.86. The van der Waals surface area contributed by atoms with Crippen LogP contribution >= 0.6 is 0 Å². The first-order valence-corrected chi connectivity index (χ1v) is 6.23. The zero-order valence-electron chi connectivity index (χ0n) is 11.0. The van der Waals surface area contributed by atoms with Gasteiger partial charge in [-0.05, 0) is 35.9 Å². The van der Waals surface area contributed by atoms with E-state index >= 15 is 0 Å². The summed E-state index contributed by atoms with van der Waals surface area (Å²) in [5, 5.41) is 0. The SMILES string of the molecule is COc1cccc(/C=C\c2nc3c(N)cccc3o2)c1. The summed E-state index contributed by atoms with van der Waals surface area (Å²) in [6, 6.07) is 13.3. The summed E-state index contributed by atoms with van der Waals surface area (Å²) >= 11 is 0. The Morgan fingerprint density at radius 2 is 2.00 bits per heavy atom. The zero-order chi connectivity index (χ0) is 13.9. The number of para-hydroxylation sites is 1. The zero-order valence-corrected chi connectivity index (χ0v) is 11.0. The van der Waals surface area contributed by atoms with Crippen molar-refractivity contribution in [2.45, 2.75) is 0 Å². The average Bonchev–Trinajstić information content (AvgIpc) is 2.90. The number of aromatic nitrogens is 1. The second-order valence-electron chi connectivity index (χ2n) is 4.36. The molecule has 0 aliphatic rings. The molecular formula is C16H14N2O2. The van der Waals surface area contributed by atoms with E-state index in [0.717, 1.165) is 11.3 Å². The molecule has 100 valence electrons. The highest BCUT2D eigenvalue weighted by Gasteiger charge is 2.05. The maximum atomic E-state index is 5.85. The number of hydrogen-bond acceptors (Lipinski definition) is 4. The number of oxazole rings is 1. The molecular weight excluding hydrogens is 252 g/mol. The van der Waals surface area contributed by atoms with Crippen LogP contribution in [-0.4, -0.2) is 12.1 Å². The fourth-order valence-electron chi connectivity index (χ4n) is 1.97. The molecule has 0 amide bonds. The highest BCUT2D eigenvalue weighted by atomic mass is 16.5. The van der Waals surface area contributed by atoms with E-state index in [2.05, 4.69) is 4.98 Å². The predicted octanol–water partition coefficient (Wildman–Crippen LogP) is 3.59. The monoisotopic (exact) mass is 266 g/mol. The molecule has 3 aromatic rings. The molecule has 0 unspecified atom stereocenters. The van der Waals surface area contributed by atoms with E-state index in [-0.39, 0.29) is 0 Å². The molecule has 0 saturated carbocycles. The summed E-state index contributed by atoms with van der Waals surface area (Å²) in [5.74, 6) is 1.34. The number of nitrogen functional groups attached to an aromatic ring is 1. The molecule has 0 aliphatic heterocycles. The fraction of sp³-hybridized carbons (Fsp3) is 0.0625. The number of fused-ring (bicyclic) bond motifs is 1. The van der Waals surface area contributed by atoms with Gasteiger partial charge in [0.25, 0.3) is 0 Å². The number of hydrogen-bond donors (Lipinski definition) is 1. The van der Waals surface area contributed by atoms with Crippen LogP contribution in [0.4, 0.5) is 5.69 Å². The van der Waals surface area contributed by atoms with E-state index < -0.39 is 0 Å². The lowest BCUT2D eigenvalue weighted by atomic mass is 10.2. The lowest BCUT2D eigenvalue weighted by Crippen LogP contribution is -1.84. The number of benzene rings is 2. The van der Waals surface area contributed by atoms with E-state index in [0.29, 0.717) is 22.7 Å². The molecule has 0 fully saturated rings. The topological polar surface area (TPSA) is 61.3 Å². The van der Waals surface area contributed by atoms with Crippen LogP contribution < -0.4 is 10.5 Å². The first kappa shape index (κ1) is 12.3. The largest absolute Gasteiger partial charge is 0.497 e. The number of anilines is 1. The molecule has 0 radical (unpaired) electrons. The summed E-state index contributed by atoms with van der Waals surface area (Å²) in [4.78, 5) is 4.36. The smallest absolute Gasteiger partial charge is 0.220 e. The Balaban J connectivity index is 1.92. The lowest BCUT2D eigenvalue weighted by Gasteiger charge is -1.99. The van der Waals surface area contributed by atoms with Crippen LogP contribution in [0.5, 0.6) is 5.75 Å². The molecule has 0 atom stereocenters. The van der Waals surface area contributed by atoms with Gasteiger partial charge in [0.15, 0.2) is 5.58 Å². The van der Waals surface area contributed by atoms with Crippen molar-refractivity contribution in [2.75, 3.05) is 12.8 Å². The fourth-order valence-corrected chi connectivity index (χ4v) is 1.97. The van der Waals surface area contributed by atoms with Gasteiger partial charge < -0.3 is 14.9 Å². The van der Waals surface area contributed by atoms with E-state index in [1.54, 1.807) is 13.2 Å². The molecule has 2 aromatic carbocycles. The van der Waals surface area contributed by atoms with Gasteiger partial charge in [0, 0.05) is 6.08 Å². The number of nitrogens with zero attached hydrogens (tertiary/aromatic N) is 1. The number of methoxy groups -OCH3 is 1. The Morgan fingerprint density at radius 1 is 1.15 bits per heavy atom. The molecule has 1 aromatic heterocycles. The molecule has 4 nitrogen and oxygen atoms in total. The molecule has 3 rings (SSSR count). The maximum absolute atomic E-state index is 5.85. The maximum Gasteiger partial charge on any atom is 0.220 e. The third-order valence-corrected chi connectivity index (χ3v) is 2.98. The average molecular weight is 266 g/mol. The van der Waals surface area contributed by atoms with Crippen LogP contribution in [0.15, 0.2) is 46.9 Å². The van der Waals surface area contributed by atoms with Crippen LogP contribution in [0.25, 0.3) is 23.3 Å². The Labute approximate surface area is 116 Å². The summed E-state index contributed by atoms with van der Waals surface area (Å²) in [7, 11) is 1.65. The second-order valence-corrected chi connectivity index (χ2v) is 4.36. The van der Waals surface area contributed by atoms with Crippen LogP contribution in [0.3, 0.4) is 0 Å². The van der Waals surface area contributed by atoms with Crippen LogP contribution in [-0.2, 0) is 0 Å². The van der Waals surface area contributed by atoms with Crippen molar-refractivity contribution in [1.82, 2.24) is 4.98 Å². The third kappa shape index (κ3) is 2.36. The number of ether oxygens (including phenoxy) is 1. The van der Waals surface area contributed by atoms with Crippen molar-refractivity contribution in [3.8, 4) is 5.75 Å². The Hall–Kier alpha value is -2.75. The highest BCUT2D eigenvalue weighted by Crippen LogP contribution is 2.22. The first-order chi connectivity index (χ1) is 9.76. The van der Waals surface area contributed by atoms with E-state index in [9.17, 15) is 0 Å². The van der Waals surface area contributed by atoms with Crippen molar-refractivity contribution in [2.24, 2.45) is 0 Å². The molecule has 0 aliphatic carbocycles. The molecule has 0 spiro atoms. The van der Waals surface area contributed by atoms with E-state index in [1.165, 1.54) is 0 Å². The van der Waals surface area contributed by atoms with Gasteiger partial charge in [-0.3, -0.25) is 0 Å². The van der Waals surface area contributed by atoms with Crippen LogP contribution in [0.2, 0.25) is 0 Å². The summed E-state index contributed by atoms with van der Waals surface area (Å²) in [6.07, 6.45) is 3.73. The Morgan fingerprint density at radius 3 is 2.80 bits per heavy atom. The van der Waals surface area contributed by atoms with Crippen molar-refractivity contribution in [3.05, 3.63) is 53.9 Å². The van der Waals surface area contributed by atoms with Gasteiger partial charge >= 0.3 is 0 Å². The molecule has 2 N–H and O–H groups in total. The van der Waals surface area contributed by atoms with Crippen molar-refractivity contribution < 1.29 is 9.15 Å². The van der Waals surface area contributed by atoms with Crippen LogP contribution in [0, 0.1) is 0 Å². The van der Waals surface area contributed by atoms with Gasteiger partial charge in [-0.15, -0.1) is 0 Å². The first-order valence-electron chi connectivity index (χ1n) is 6.23. The summed E-state index contributed by atoms with van der Waals surface area (Å²) < 4.78 is 10.8. The van der Waals surface area contributed by atoms with Gasteiger partial charge in [0.1, 0.15) is 11.3 Å². The minimum Gasteiger partial charge on any atom is -0.497 e. The molecule has 0 bridgehead atoms. The standard InChI is InChI=1S/C16H14N2O2/c1-19-12-5-2-4-11(10-12)8-9-15-18-16-13(17)6-3-7-14(16)20-15/h2-10H,17H2,1H3/b9-8-. The predicted molar refractivity (Wildman–Crippen MR) is 80.3 cm³/mol. The Kier molecular flexibility index (Phi) is 3.13. The number of rotatable bonds is 3. The normalized spacial score (nSPS) is 11.2. The Bertz CT molecular complexity index is 775. The van der Waals surface area contributed by atoms with Crippen molar-refractivity contribution >= 4 is 28.9 Å². The third-order valence-electron chi connectivity index (χ3n) is 2.98. The molecule has 0 saturated heterocycles. The molecule has 1 heterocycles. The van der Waals surface area contributed by atoms with E-state index in [4.69, 9.17) is 14.9 Å². The summed E-state index contributed by atoms with van der Waals surface area (Å²) in [6.45, 7) is 0. The summed E-state index contributed by atoms with van der Waals surface area (Å²) in [5.41, 5.74) is 8.87. The van der Waals surface area contributed by atoms with Gasteiger partial charge in [-0.2, -0.15) is 0 Å². The number of nitrogens with two attached hydrogens (primary N) is 1. The molecule has 20 heavy (non-hydrogen) atoms. The van der Waals surface area contributed by atoms with Gasteiger partial charge in [-0.1, -0.05) is 18.2 Å². The van der Waals surface area contributed by atoms with Crippen LogP contribution in [0.1, 0.15) is 11.5 Å². The molecule has 4 heteroatoms. The quantitative estimate of drug-likeness (QED) is 0.736. The van der Waals surface area contributed by atoms with Crippen molar-refractivity contribution in [1.29, 1.82) is 0 Å².